The zero-order valence-corrected chi connectivity index (χ0v) is 19.1. The Hall–Kier alpha value is -2.49. The number of nitrogens with one attached hydrogen (secondary N) is 1. The molecule has 1 N–H and O–H groups in total. The Kier molecular flexibility index (Phi) is 7.41. The number of hydrogen-bond donors (Lipinski definition) is 1. The van der Waals surface area contributed by atoms with E-state index in [4.69, 9.17) is 4.74 Å². The molecule has 4 heteroatoms. The smallest absolute Gasteiger partial charge is 0.261 e. The standard InChI is InChI=1S/C26H36N2O2/c1-18(2)24-13-8-19(3)15-25(24)30-21(5)26(29)27-16-22-9-11-23(12-10-22)28-14-6-7-20(4)17-28/h8-13,15,18,20-21H,6-7,14,16-17H2,1-5H3,(H,27,29)/t20-,21+/m1/s1. The van der Waals surface area contributed by atoms with Gasteiger partial charge in [-0.2, -0.15) is 0 Å². The Morgan fingerprint density at radius 1 is 1.17 bits per heavy atom. The van der Waals surface area contributed by atoms with Crippen LogP contribution in [0.15, 0.2) is 42.5 Å². The molecule has 1 heterocycles. The molecule has 4 nitrogen and oxygen atoms in total. The molecule has 0 spiro atoms. The van der Waals surface area contributed by atoms with Crippen LogP contribution in [-0.2, 0) is 11.3 Å². The molecule has 1 aliphatic rings. The van der Waals surface area contributed by atoms with Crippen LogP contribution in [0.5, 0.6) is 5.75 Å². The number of piperidine rings is 1. The molecule has 2 aromatic carbocycles. The first-order valence-corrected chi connectivity index (χ1v) is 11.2. The van der Waals surface area contributed by atoms with Gasteiger partial charge in [0.15, 0.2) is 6.10 Å². The van der Waals surface area contributed by atoms with E-state index in [9.17, 15) is 4.79 Å². The third-order valence-corrected chi connectivity index (χ3v) is 5.89. The van der Waals surface area contributed by atoms with Crippen molar-refractivity contribution in [3.05, 3.63) is 59.2 Å². The van der Waals surface area contributed by atoms with Gasteiger partial charge < -0.3 is 15.0 Å². The van der Waals surface area contributed by atoms with Crippen molar-refractivity contribution in [1.29, 1.82) is 0 Å². The quantitative estimate of drug-likeness (QED) is 0.663. The normalized spacial score (nSPS) is 17.7. The lowest BCUT2D eigenvalue weighted by molar-refractivity contribution is -0.127. The first kappa shape index (κ1) is 22.2. The summed E-state index contributed by atoms with van der Waals surface area (Å²) in [6, 6.07) is 14.7. The van der Waals surface area contributed by atoms with Gasteiger partial charge >= 0.3 is 0 Å². The molecule has 3 rings (SSSR count). The van der Waals surface area contributed by atoms with Crippen LogP contribution in [0, 0.1) is 12.8 Å². The summed E-state index contributed by atoms with van der Waals surface area (Å²) in [5.41, 5.74) is 4.63. The molecule has 1 amide bonds. The molecule has 1 aliphatic heterocycles. The number of rotatable bonds is 7. The summed E-state index contributed by atoms with van der Waals surface area (Å²) < 4.78 is 6.03. The number of anilines is 1. The fraction of sp³-hybridized carbons (Fsp3) is 0.500. The van der Waals surface area contributed by atoms with E-state index in [1.165, 1.54) is 18.5 Å². The Labute approximate surface area is 181 Å². The average Bonchev–Trinajstić information content (AvgIpc) is 2.72. The lowest BCUT2D eigenvalue weighted by Crippen LogP contribution is -2.36. The number of nitrogens with zero attached hydrogens (tertiary/aromatic N) is 1. The van der Waals surface area contributed by atoms with Crippen LogP contribution in [0.2, 0.25) is 0 Å². The number of benzene rings is 2. The summed E-state index contributed by atoms with van der Waals surface area (Å²) in [4.78, 5) is 15.1. The topological polar surface area (TPSA) is 41.6 Å². The molecule has 2 aromatic rings. The summed E-state index contributed by atoms with van der Waals surface area (Å²) in [7, 11) is 0. The van der Waals surface area contributed by atoms with E-state index in [1.807, 2.05) is 19.9 Å². The molecule has 0 saturated carbocycles. The number of ether oxygens (including phenoxy) is 1. The van der Waals surface area contributed by atoms with Crippen LogP contribution < -0.4 is 15.0 Å². The van der Waals surface area contributed by atoms with Crippen molar-refractivity contribution >= 4 is 11.6 Å². The minimum Gasteiger partial charge on any atom is -0.481 e. The van der Waals surface area contributed by atoms with Gasteiger partial charge in [-0.05, 0) is 73.4 Å². The summed E-state index contributed by atoms with van der Waals surface area (Å²) in [5.74, 6) is 1.80. The van der Waals surface area contributed by atoms with Gasteiger partial charge in [0.2, 0.25) is 0 Å². The molecule has 1 fully saturated rings. The minimum atomic E-state index is -0.543. The van der Waals surface area contributed by atoms with Crippen molar-refractivity contribution in [2.75, 3.05) is 18.0 Å². The zero-order valence-electron chi connectivity index (χ0n) is 19.1. The van der Waals surface area contributed by atoms with Gasteiger partial charge in [-0.25, -0.2) is 0 Å². The molecule has 0 aromatic heterocycles. The third-order valence-electron chi connectivity index (χ3n) is 5.89. The molecule has 2 atom stereocenters. The van der Waals surface area contributed by atoms with Crippen LogP contribution >= 0.6 is 0 Å². The Balaban J connectivity index is 1.54. The first-order valence-electron chi connectivity index (χ1n) is 11.2. The molecule has 0 unspecified atom stereocenters. The Morgan fingerprint density at radius 3 is 2.57 bits per heavy atom. The molecular weight excluding hydrogens is 372 g/mol. The largest absolute Gasteiger partial charge is 0.481 e. The highest BCUT2D eigenvalue weighted by Crippen LogP contribution is 2.28. The molecule has 0 bridgehead atoms. The fourth-order valence-corrected chi connectivity index (χ4v) is 4.05. The lowest BCUT2D eigenvalue weighted by atomic mass is 9.99. The van der Waals surface area contributed by atoms with E-state index in [0.717, 1.165) is 41.4 Å². The third kappa shape index (κ3) is 5.78. The second kappa shape index (κ2) is 10.0. The van der Waals surface area contributed by atoms with Crippen molar-refractivity contribution < 1.29 is 9.53 Å². The lowest BCUT2D eigenvalue weighted by Gasteiger charge is -2.32. The SMILES string of the molecule is Cc1ccc(C(C)C)c(O[C@@H](C)C(=O)NCc2ccc(N3CCC[C@@H](C)C3)cc2)c1. The van der Waals surface area contributed by atoms with Crippen molar-refractivity contribution in [3.63, 3.8) is 0 Å². The van der Waals surface area contributed by atoms with Crippen LogP contribution in [0.25, 0.3) is 0 Å². The average molecular weight is 409 g/mol. The second-order valence-electron chi connectivity index (χ2n) is 9.03. The highest BCUT2D eigenvalue weighted by atomic mass is 16.5. The van der Waals surface area contributed by atoms with Gasteiger partial charge in [0.25, 0.3) is 5.91 Å². The van der Waals surface area contributed by atoms with Gasteiger partial charge in [0.05, 0.1) is 0 Å². The summed E-state index contributed by atoms with van der Waals surface area (Å²) in [6.07, 6.45) is 2.04. The number of carbonyl (C=O) groups is 1. The van der Waals surface area contributed by atoms with Crippen molar-refractivity contribution in [1.82, 2.24) is 5.32 Å². The van der Waals surface area contributed by atoms with Gasteiger partial charge in [-0.3, -0.25) is 4.79 Å². The summed E-state index contributed by atoms with van der Waals surface area (Å²) in [5, 5.41) is 3.01. The summed E-state index contributed by atoms with van der Waals surface area (Å²) >= 11 is 0. The highest BCUT2D eigenvalue weighted by molar-refractivity contribution is 5.80. The van der Waals surface area contributed by atoms with Crippen LogP contribution in [-0.4, -0.2) is 25.1 Å². The summed E-state index contributed by atoms with van der Waals surface area (Å²) in [6.45, 7) is 13.2. The maximum atomic E-state index is 12.6. The number of amides is 1. The molecular formula is C26H36N2O2. The maximum Gasteiger partial charge on any atom is 0.261 e. The van der Waals surface area contributed by atoms with Gasteiger partial charge in [-0.15, -0.1) is 0 Å². The molecule has 0 radical (unpaired) electrons. The van der Waals surface area contributed by atoms with Gasteiger partial charge in [-0.1, -0.05) is 45.0 Å². The highest BCUT2D eigenvalue weighted by Gasteiger charge is 2.18. The van der Waals surface area contributed by atoms with Gasteiger partial charge in [0.1, 0.15) is 5.75 Å². The van der Waals surface area contributed by atoms with Crippen molar-refractivity contribution in [2.24, 2.45) is 5.92 Å². The number of hydrogen-bond acceptors (Lipinski definition) is 3. The number of aryl methyl sites for hydroxylation is 1. The second-order valence-corrected chi connectivity index (χ2v) is 9.03. The molecule has 1 saturated heterocycles. The van der Waals surface area contributed by atoms with Crippen molar-refractivity contribution in [3.8, 4) is 5.75 Å². The van der Waals surface area contributed by atoms with Crippen LogP contribution in [0.3, 0.4) is 0 Å². The Bertz CT molecular complexity index is 845. The Morgan fingerprint density at radius 2 is 1.90 bits per heavy atom. The van der Waals surface area contributed by atoms with E-state index in [1.54, 1.807) is 0 Å². The number of carbonyl (C=O) groups excluding carboxylic acids is 1. The molecule has 30 heavy (non-hydrogen) atoms. The molecule has 0 aliphatic carbocycles. The molecule has 162 valence electrons. The minimum absolute atomic E-state index is 0.0971. The monoisotopic (exact) mass is 408 g/mol. The zero-order chi connectivity index (χ0) is 21.7. The van der Waals surface area contributed by atoms with E-state index in [2.05, 4.69) is 67.4 Å². The van der Waals surface area contributed by atoms with E-state index in [-0.39, 0.29) is 5.91 Å². The van der Waals surface area contributed by atoms with Crippen LogP contribution in [0.4, 0.5) is 5.69 Å². The van der Waals surface area contributed by atoms with Crippen LogP contribution in [0.1, 0.15) is 63.1 Å². The van der Waals surface area contributed by atoms with E-state index < -0.39 is 6.10 Å². The predicted octanol–water partition coefficient (Wildman–Crippen LogP) is 5.44. The fourth-order valence-electron chi connectivity index (χ4n) is 4.05. The maximum absolute atomic E-state index is 12.6. The first-order chi connectivity index (χ1) is 14.3. The van der Waals surface area contributed by atoms with E-state index >= 15 is 0 Å². The van der Waals surface area contributed by atoms with Gasteiger partial charge in [0, 0.05) is 25.3 Å². The predicted molar refractivity (Wildman–Crippen MR) is 124 cm³/mol. The van der Waals surface area contributed by atoms with Crippen molar-refractivity contribution in [2.45, 2.75) is 66.0 Å². The van der Waals surface area contributed by atoms with E-state index in [0.29, 0.717) is 12.5 Å².